The molecule has 25 heavy (non-hydrogen) atoms. The number of hydrogen-bond donors (Lipinski definition) is 1. The summed E-state index contributed by atoms with van der Waals surface area (Å²) < 4.78 is 32.1. The molecule has 132 valence electrons. The van der Waals surface area contributed by atoms with Crippen molar-refractivity contribution in [2.24, 2.45) is 0 Å². The first-order chi connectivity index (χ1) is 11.9. The summed E-state index contributed by atoms with van der Waals surface area (Å²) in [5.41, 5.74) is 0.895. The number of sulfonamides is 1. The maximum Gasteiger partial charge on any atom is 0.264 e. The lowest BCUT2D eigenvalue weighted by Crippen LogP contribution is -2.27. The number of carbonyl (C=O) groups is 1. The number of hydrogen-bond acceptors (Lipinski definition) is 4. The van der Waals surface area contributed by atoms with E-state index in [2.05, 4.69) is 5.32 Å². The van der Waals surface area contributed by atoms with E-state index in [4.69, 9.17) is 4.74 Å². The number of carbonyl (C=O) groups excluding carboxylic acids is 1. The summed E-state index contributed by atoms with van der Waals surface area (Å²) in [7, 11) is -0.790. The van der Waals surface area contributed by atoms with Gasteiger partial charge in [0.1, 0.15) is 5.75 Å². The highest BCUT2D eigenvalue weighted by molar-refractivity contribution is 7.92. The molecule has 0 aliphatic heterocycles. The molecule has 0 aromatic heterocycles. The van der Waals surface area contributed by atoms with Gasteiger partial charge in [-0.05, 0) is 49.2 Å². The molecule has 2 aromatic carbocycles. The molecule has 1 saturated carbocycles. The molecule has 0 spiro atoms. The van der Waals surface area contributed by atoms with Crippen LogP contribution < -0.4 is 14.4 Å². The number of nitrogens with zero attached hydrogens (tertiary/aromatic N) is 1. The van der Waals surface area contributed by atoms with Crippen LogP contribution >= 0.6 is 0 Å². The Morgan fingerprint density at radius 2 is 1.76 bits per heavy atom. The van der Waals surface area contributed by atoms with E-state index in [-0.39, 0.29) is 16.8 Å². The van der Waals surface area contributed by atoms with Gasteiger partial charge in [-0.1, -0.05) is 12.1 Å². The lowest BCUT2D eigenvalue weighted by Gasteiger charge is -2.21. The number of benzene rings is 2. The summed E-state index contributed by atoms with van der Waals surface area (Å²) in [6.45, 7) is 0. The Balaban J connectivity index is 1.85. The molecular formula is C18H20N2O4S. The summed E-state index contributed by atoms with van der Waals surface area (Å²) in [5.74, 6) is 0.290. The molecular weight excluding hydrogens is 340 g/mol. The molecule has 1 N–H and O–H groups in total. The summed E-state index contributed by atoms with van der Waals surface area (Å²) in [4.78, 5) is 12.1. The third kappa shape index (κ3) is 3.61. The SMILES string of the molecule is COc1ccccc1N(C)S(=O)(=O)c1ccc(C(=O)NC2CC2)cc1. The van der Waals surface area contributed by atoms with Crippen LogP contribution in [0.25, 0.3) is 0 Å². The molecule has 1 aliphatic rings. The Bertz CT molecular complexity index is 874. The zero-order chi connectivity index (χ0) is 18.0. The number of methoxy groups -OCH3 is 1. The van der Waals surface area contributed by atoms with E-state index in [0.29, 0.717) is 17.0 Å². The largest absolute Gasteiger partial charge is 0.495 e. The molecule has 0 atom stereocenters. The Morgan fingerprint density at radius 3 is 2.36 bits per heavy atom. The Kier molecular flexibility index (Phi) is 4.67. The van der Waals surface area contributed by atoms with Crippen LogP contribution in [0.1, 0.15) is 23.2 Å². The van der Waals surface area contributed by atoms with Gasteiger partial charge in [0.2, 0.25) is 0 Å². The number of ether oxygens (including phenoxy) is 1. The Hall–Kier alpha value is -2.54. The van der Waals surface area contributed by atoms with E-state index in [9.17, 15) is 13.2 Å². The summed E-state index contributed by atoms with van der Waals surface area (Å²) in [6, 6.07) is 13.1. The predicted molar refractivity (Wildman–Crippen MR) is 95.5 cm³/mol. The molecule has 0 heterocycles. The molecule has 0 radical (unpaired) electrons. The predicted octanol–water partition coefficient (Wildman–Crippen LogP) is 2.41. The number of nitrogens with one attached hydrogen (secondary N) is 1. The van der Waals surface area contributed by atoms with Crippen molar-refractivity contribution in [3.63, 3.8) is 0 Å². The highest BCUT2D eigenvalue weighted by Gasteiger charge is 2.26. The van der Waals surface area contributed by atoms with Crippen molar-refractivity contribution in [1.82, 2.24) is 5.32 Å². The van der Waals surface area contributed by atoms with E-state index in [0.717, 1.165) is 12.8 Å². The number of amides is 1. The van der Waals surface area contributed by atoms with Crippen molar-refractivity contribution in [1.29, 1.82) is 0 Å². The van der Waals surface area contributed by atoms with Gasteiger partial charge in [-0.15, -0.1) is 0 Å². The van der Waals surface area contributed by atoms with Gasteiger partial charge in [0.15, 0.2) is 0 Å². The Morgan fingerprint density at radius 1 is 1.12 bits per heavy atom. The van der Waals surface area contributed by atoms with Gasteiger partial charge in [-0.25, -0.2) is 8.42 Å². The van der Waals surface area contributed by atoms with Crippen LogP contribution in [0.5, 0.6) is 5.75 Å². The summed E-state index contributed by atoms with van der Waals surface area (Å²) >= 11 is 0. The first kappa shape index (κ1) is 17.3. The van der Waals surface area contributed by atoms with Crippen molar-refractivity contribution in [3.05, 3.63) is 54.1 Å². The third-order valence-electron chi connectivity index (χ3n) is 4.11. The fraction of sp³-hybridized carbons (Fsp3) is 0.278. The monoisotopic (exact) mass is 360 g/mol. The summed E-state index contributed by atoms with van der Waals surface area (Å²) in [6.07, 6.45) is 2.00. The molecule has 0 saturated heterocycles. The van der Waals surface area contributed by atoms with E-state index < -0.39 is 10.0 Å². The van der Waals surface area contributed by atoms with Crippen molar-refractivity contribution in [2.75, 3.05) is 18.5 Å². The molecule has 7 heteroatoms. The standard InChI is InChI=1S/C18H20N2O4S/c1-20(16-5-3-4-6-17(16)24-2)25(22,23)15-11-7-13(8-12-15)18(21)19-14-9-10-14/h3-8,11-12,14H,9-10H2,1-2H3,(H,19,21). The molecule has 1 amide bonds. The van der Waals surface area contributed by atoms with Gasteiger partial charge in [-0.3, -0.25) is 9.10 Å². The van der Waals surface area contributed by atoms with E-state index in [1.165, 1.54) is 42.7 Å². The maximum atomic E-state index is 12.8. The summed E-state index contributed by atoms with van der Waals surface area (Å²) in [5, 5.41) is 2.88. The fourth-order valence-electron chi connectivity index (χ4n) is 2.45. The van der Waals surface area contributed by atoms with Gasteiger partial charge in [0.05, 0.1) is 17.7 Å². The van der Waals surface area contributed by atoms with Crippen LogP contribution in [0, 0.1) is 0 Å². The first-order valence-electron chi connectivity index (χ1n) is 7.96. The minimum atomic E-state index is -3.76. The second-order valence-corrected chi connectivity index (χ2v) is 7.89. The van der Waals surface area contributed by atoms with Crippen LogP contribution in [0.2, 0.25) is 0 Å². The average molecular weight is 360 g/mol. The smallest absolute Gasteiger partial charge is 0.264 e. The van der Waals surface area contributed by atoms with E-state index >= 15 is 0 Å². The molecule has 1 aliphatic carbocycles. The fourth-order valence-corrected chi connectivity index (χ4v) is 3.66. The molecule has 0 bridgehead atoms. The number of rotatable bonds is 6. The number of para-hydroxylation sites is 2. The van der Waals surface area contributed by atoms with Crippen molar-refractivity contribution < 1.29 is 17.9 Å². The van der Waals surface area contributed by atoms with Crippen molar-refractivity contribution >= 4 is 21.6 Å². The van der Waals surface area contributed by atoms with Gasteiger partial charge in [-0.2, -0.15) is 0 Å². The second kappa shape index (κ2) is 6.76. The second-order valence-electron chi connectivity index (χ2n) is 5.92. The first-order valence-corrected chi connectivity index (χ1v) is 9.40. The lowest BCUT2D eigenvalue weighted by atomic mass is 10.2. The zero-order valence-corrected chi connectivity index (χ0v) is 14.9. The van der Waals surface area contributed by atoms with Gasteiger partial charge >= 0.3 is 0 Å². The molecule has 3 rings (SSSR count). The third-order valence-corrected chi connectivity index (χ3v) is 5.90. The lowest BCUT2D eigenvalue weighted by molar-refractivity contribution is 0.0951. The average Bonchev–Trinajstić information content (AvgIpc) is 3.45. The van der Waals surface area contributed by atoms with Crippen LogP contribution in [0.15, 0.2) is 53.4 Å². The quantitative estimate of drug-likeness (QED) is 0.858. The minimum Gasteiger partial charge on any atom is -0.495 e. The van der Waals surface area contributed by atoms with Crippen LogP contribution in [-0.2, 0) is 10.0 Å². The topological polar surface area (TPSA) is 75.7 Å². The van der Waals surface area contributed by atoms with Crippen molar-refractivity contribution in [2.45, 2.75) is 23.8 Å². The normalized spacial score (nSPS) is 14.0. The molecule has 6 nitrogen and oxygen atoms in total. The molecule has 1 fully saturated rings. The molecule has 0 unspecified atom stereocenters. The van der Waals surface area contributed by atoms with E-state index in [1.807, 2.05) is 0 Å². The van der Waals surface area contributed by atoms with Gasteiger partial charge in [0.25, 0.3) is 15.9 Å². The highest BCUT2D eigenvalue weighted by atomic mass is 32.2. The maximum absolute atomic E-state index is 12.8. The number of anilines is 1. The van der Waals surface area contributed by atoms with Gasteiger partial charge in [0, 0.05) is 18.7 Å². The van der Waals surface area contributed by atoms with E-state index in [1.54, 1.807) is 24.3 Å². The minimum absolute atomic E-state index is 0.115. The van der Waals surface area contributed by atoms with Crippen molar-refractivity contribution in [3.8, 4) is 5.75 Å². The van der Waals surface area contributed by atoms with Crippen LogP contribution in [0.4, 0.5) is 5.69 Å². The molecule has 2 aromatic rings. The highest BCUT2D eigenvalue weighted by Crippen LogP contribution is 2.30. The van der Waals surface area contributed by atoms with Crippen LogP contribution in [-0.4, -0.2) is 34.5 Å². The zero-order valence-electron chi connectivity index (χ0n) is 14.1. The Labute approximate surface area is 147 Å². The van der Waals surface area contributed by atoms with Gasteiger partial charge < -0.3 is 10.1 Å². The van der Waals surface area contributed by atoms with Crippen LogP contribution in [0.3, 0.4) is 0 Å².